The van der Waals surface area contributed by atoms with Gasteiger partial charge in [0.25, 0.3) is 5.91 Å². The van der Waals surface area contributed by atoms with Gasteiger partial charge in [0, 0.05) is 35.3 Å². The summed E-state index contributed by atoms with van der Waals surface area (Å²) < 4.78 is 6.97. The fourth-order valence-corrected chi connectivity index (χ4v) is 5.08. The van der Waals surface area contributed by atoms with Crippen molar-refractivity contribution in [3.05, 3.63) is 50.7 Å². The number of nitrogens with one attached hydrogen (secondary N) is 1. The predicted octanol–water partition coefficient (Wildman–Crippen LogP) is 3.77. The van der Waals surface area contributed by atoms with Gasteiger partial charge < -0.3 is 15.0 Å². The van der Waals surface area contributed by atoms with E-state index in [-0.39, 0.29) is 12.5 Å². The van der Waals surface area contributed by atoms with E-state index in [1.807, 2.05) is 7.05 Å². The molecule has 0 fully saturated rings. The Kier molecular flexibility index (Phi) is 5.33. The summed E-state index contributed by atoms with van der Waals surface area (Å²) in [4.78, 5) is 33.5. The fraction of sp³-hybridized carbons (Fsp3) is 0.350. The lowest BCUT2D eigenvalue weighted by Gasteiger charge is -2.22. The van der Waals surface area contributed by atoms with Crippen molar-refractivity contribution in [2.45, 2.75) is 26.8 Å². The summed E-state index contributed by atoms with van der Waals surface area (Å²) in [6.45, 7) is 5.43. The Morgan fingerprint density at radius 1 is 1.41 bits per heavy atom. The van der Waals surface area contributed by atoms with Gasteiger partial charge in [-0.15, -0.1) is 11.3 Å². The zero-order valence-electron chi connectivity index (χ0n) is 16.4. The molecule has 1 aliphatic rings. The summed E-state index contributed by atoms with van der Waals surface area (Å²) in [7, 11) is 2.04. The van der Waals surface area contributed by atoms with Gasteiger partial charge in [0.15, 0.2) is 0 Å². The van der Waals surface area contributed by atoms with Gasteiger partial charge in [0.1, 0.15) is 16.3 Å². The largest absolute Gasteiger partial charge is 0.462 e. The third-order valence-corrected chi connectivity index (χ3v) is 6.30. The van der Waals surface area contributed by atoms with Gasteiger partial charge >= 0.3 is 5.97 Å². The van der Waals surface area contributed by atoms with Gasteiger partial charge in [-0.1, -0.05) is 11.6 Å². The van der Waals surface area contributed by atoms with Crippen LogP contribution < -0.4 is 5.32 Å². The number of halogens is 1. The van der Waals surface area contributed by atoms with Crippen LogP contribution in [0.1, 0.15) is 43.9 Å². The van der Waals surface area contributed by atoms with E-state index in [9.17, 15) is 9.59 Å². The number of thiophene rings is 1. The van der Waals surface area contributed by atoms with Crippen molar-refractivity contribution < 1.29 is 14.3 Å². The molecule has 0 aromatic carbocycles. The molecular weight excluding hydrogens is 412 g/mol. The maximum atomic E-state index is 13.1. The minimum atomic E-state index is -0.397. The summed E-state index contributed by atoms with van der Waals surface area (Å²) in [5.41, 5.74) is 3.04. The number of aromatic nitrogens is 2. The number of hydrogen-bond acceptors (Lipinski definition) is 6. The number of fused-ring (bicyclic) bond motifs is 2. The fourth-order valence-electron chi connectivity index (χ4n) is 3.61. The van der Waals surface area contributed by atoms with Crippen molar-refractivity contribution in [3.63, 3.8) is 0 Å². The molecule has 1 aliphatic heterocycles. The molecule has 0 atom stereocenters. The second kappa shape index (κ2) is 7.78. The van der Waals surface area contributed by atoms with Crippen molar-refractivity contribution in [3.8, 4) is 0 Å². The molecule has 0 saturated carbocycles. The average Bonchev–Trinajstić information content (AvgIpc) is 3.17. The van der Waals surface area contributed by atoms with E-state index in [2.05, 4.69) is 15.2 Å². The number of hydrogen-bond donors (Lipinski definition) is 1. The highest BCUT2D eigenvalue weighted by atomic mass is 35.5. The number of likely N-dealkylation sites (N-methyl/N-ethyl adjacent to an activating group) is 1. The minimum Gasteiger partial charge on any atom is -0.462 e. The van der Waals surface area contributed by atoms with Gasteiger partial charge in [0.2, 0.25) is 0 Å². The van der Waals surface area contributed by atoms with E-state index in [0.717, 1.165) is 30.0 Å². The van der Waals surface area contributed by atoms with Crippen molar-refractivity contribution in [1.82, 2.24) is 14.3 Å². The van der Waals surface area contributed by atoms with E-state index in [1.165, 1.54) is 11.3 Å². The maximum absolute atomic E-state index is 13.1. The van der Waals surface area contributed by atoms with Crippen molar-refractivity contribution >= 4 is 45.5 Å². The Labute approximate surface area is 177 Å². The molecule has 0 bridgehead atoms. The SMILES string of the molecule is CCOC(=O)c1c(NC(=O)c2c(C)nc3cc(Cl)ccn23)sc2c1CCN(C)C2. The van der Waals surface area contributed by atoms with Crippen LogP contribution in [-0.4, -0.2) is 46.4 Å². The van der Waals surface area contributed by atoms with Gasteiger partial charge in [-0.05, 0) is 38.9 Å². The first-order valence-electron chi connectivity index (χ1n) is 9.34. The lowest BCUT2D eigenvalue weighted by atomic mass is 10.0. The number of carbonyl (C=O) groups excluding carboxylic acids is 2. The second-order valence-corrected chi connectivity index (χ2v) is 8.53. The summed E-state index contributed by atoms with van der Waals surface area (Å²) in [5, 5.41) is 4.01. The number of aryl methyl sites for hydroxylation is 1. The molecule has 4 rings (SSSR count). The molecule has 0 spiro atoms. The number of nitrogens with zero attached hydrogens (tertiary/aromatic N) is 3. The quantitative estimate of drug-likeness (QED) is 0.635. The smallest absolute Gasteiger partial charge is 0.341 e. The highest BCUT2D eigenvalue weighted by Gasteiger charge is 2.29. The molecule has 3 aromatic heterocycles. The zero-order chi connectivity index (χ0) is 20.7. The van der Waals surface area contributed by atoms with Crippen molar-refractivity contribution in [2.75, 3.05) is 25.5 Å². The topological polar surface area (TPSA) is 75.9 Å². The Hall–Kier alpha value is -2.42. The number of anilines is 1. The molecule has 9 heteroatoms. The number of amides is 1. The van der Waals surface area contributed by atoms with Gasteiger partial charge in [-0.2, -0.15) is 0 Å². The highest BCUT2D eigenvalue weighted by Crippen LogP contribution is 2.37. The average molecular weight is 433 g/mol. The Morgan fingerprint density at radius 2 is 2.21 bits per heavy atom. The molecular formula is C20H21ClN4O3S. The molecule has 0 radical (unpaired) electrons. The summed E-state index contributed by atoms with van der Waals surface area (Å²) in [6.07, 6.45) is 2.47. The molecule has 1 amide bonds. The van der Waals surface area contributed by atoms with Crippen LogP contribution in [0.3, 0.4) is 0 Å². The number of ether oxygens (including phenoxy) is 1. The van der Waals surface area contributed by atoms with Crippen LogP contribution in [0.2, 0.25) is 5.02 Å². The third-order valence-electron chi connectivity index (χ3n) is 4.93. The van der Waals surface area contributed by atoms with Crippen molar-refractivity contribution in [2.24, 2.45) is 0 Å². The minimum absolute atomic E-state index is 0.282. The normalized spacial score (nSPS) is 14.1. The van der Waals surface area contributed by atoms with Gasteiger partial charge in [0.05, 0.1) is 17.9 Å². The Balaban J connectivity index is 1.73. The van der Waals surface area contributed by atoms with Crippen LogP contribution in [0, 0.1) is 6.92 Å². The second-order valence-electron chi connectivity index (χ2n) is 6.99. The molecule has 29 heavy (non-hydrogen) atoms. The Morgan fingerprint density at radius 3 is 2.97 bits per heavy atom. The standard InChI is InChI=1S/C20H21ClN4O3S/c1-4-28-20(27)16-13-6-7-24(3)10-14(13)29-19(16)23-18(26)17-11(2)22-15-9-12(21)5-8-25(15)17/h5,8-9H,4,6-7,10H2,1-3H3,(H,23,26). The van der Waals surface area contributed by atoms with Crippen LogP contribution in [0.15, 0.2) is 18.3 Å². The van der Waals surface area contributed by atoms with Gasteiger partial charge in [-0.25, -0.2) is 9.78 Å². The van der Waals surface area contributed by atoms with Crippen LogP contribution >= 0.6 is 22.9 Å². The summed E-state index contributed by atoms with van der Waals surface area (Å²) in [5.74, 6) is -0.721. The van der Waals surface area contributed by atoms with E-state index in [0.29, 0.717) is 32.6 Å². The zero-order valence-corrected chi connectivity index (χ0v) is 18.0. The third kappa shape index (κ3) is 3.63. The Bertz CT molecular complexity index is 1120. The molecule has 4 heterocycles. The van der Waals surface area contributed by atoms with E-state index in [4.69, 9.17) is 16.3 Å². The van der Waals surface area contributed by atoms with Crippen LogP contribution in [0.4, 0.5) is 5.00 Å². The molecule has 7 nitrogen and oxygen atoms in total. The molecule has 0 saturated heterocycles. The molecule has 0 unspecified atom stereocenters. The van der Waals surface area contributed by atoms with Crippen LogP contribution in [0.25, 0.3) is 5.65 Å². The number of carbonyl (C=O) groups is 2. The summed E-state index contributed by atoms with van der Waals surface area (Å²) >= 11 is 7.47. The van der Waals surface area contributed by atoms with Crippen LogP contribution in [-0.2, 0) is 17.7 Å². The van der Waals surface area contributed by atoms with Crippen LogP contribution in [0.5, 0.6) is 0 Å². The maximum Gasteiger partial charge on any atom is 0.341 e. The number of pyridine rings is 1. The van der Waals surface area contributed by atoms with Crippen molar-refractivity contribution in [1.29, 1.82) is 0 Å². The number of esters is 1. The monoisotopic (exact) mass is 432 g/mol. The van der Waals surface area contributed by atoms with Gasteiger partial charge in [-0.3, -0.25) is 9.20 Å². The predicted molar refractivity (Wildman–Crippen MR) is 113 cm³/mol. The molecule has 1 N–H and O–H groups in total. The lowest BCUT2D eigenvalue weighted by Crippen LogP contribution is -2.26. The molecule has 152 valence electrons. The van der Waals surface area contributed by atoms with E-state index >= 15 is 0 Å². The number of imidazole rings is 1. The van der Waals surface area contributed by atoms with E-state index < -0.39 is 5.97 Å². The lowest BCUT2D eigenvalue weighted by molar-refractivity contribution is 0.0526. The molecule has 3 aromatic rings. The first-order chi connectivity index (χ1) is 13.9. The highest BCUT2D eigenvalue weighted by molar-refractivity contribution is 7.17. The summed E-state index contributed by atoms with van der Waals surface area (Å²) in [6, 6.07) is 3.41. The first kappa shape index (κ1) is 19.9. The first-order valence-corrected chi connectivity index (χ1v) is 10.5. The number of rotatable bonds is 4. The van der Waals surface area contributed by atoms with E-state index in [1.54, 1.807) is 36.6 Å². The molecule has 0 aliphatic carbocycles.